The molecule has 0 radical (unpaired) electrons. The van der Waals surface area contributed by atoms with Gasteiger partial charge in [0.15, 0.2) is 0 Å². The monoisotopic (exact) mass is 351 g/mol. The van der Waals surface area contributed by atoms with Crippen molar-refractivity contribution in [2.45, 2.75) is 17.1 Å². The predicted octanol–water partition coefficient (Wildman–Crippen LogP) is 3.37. The zero-order valence-corrected chi connectivity index (χ0v) is 13.1. The van der Waals surface area contributed by atoms with Crippen molar-refractivity contribution in [3.05, 3.63) is 59.8 Å². The molecule has 2 N–H and O–H groups in total. The highest BCUT2D eigenvalue weighted by molar-refractivity contribution is 7.98. The van der Waals surface area contributed by atoms with Crippen LogP contribution in [0.5, 0.6) is 0 Å². The number of nitrogens with zero attached hydrogens (tertiary/aromatic N) is 4. The zero-order valence-electron chi connectivity index (χ0n) is 12.2. The number of hydrogen-bond donors (Lipinski definition) is 1. The Labute approximate surface area is 139 Å². The standard InChI is InChI=1S/C15H12F3N5S/c16-15(17,18)11-5-3-4-10(8-11)9-24-14-22-21-13(23(14)19)12-6-1-2-7-20-12/h1-8H,9,19H2. The molecule has 0 aliphatic heterocycles. The number of thioether (sulfide) groups is 1. The molecule has 0 aliphatic carbocycles. The first-order chi connectivity index (χ1) is 11.4. The smallest absolute Gasteiger partial charge is 0.335 e. The van der Waals surface area contributed by atoms with E-state index in [9.17, 15) is 13.2 Å². The van der Waals surface area contributed by atoms with E-state index < -0.39 is 11.7 Å². The van der Waals surface area contributed by atoms with Crippen LogP contribution in [-0.4, -0.2) is 19.9 Å². The van der Waals surface area contributed by atoms with Crippen LogP contribution in [0.2, 0.25) is 0 Å². The lowest BCUT2D eigenvalue weighted by Gasteiger charge is -2.08. The molecule has 1 aromatic carbocycles. The largest absolute Gasteiger partial charge is 0.416 e. The summed E-state index contributed by atoms with van der Waals surface area (Å²) in [6, 6.07) is 10.5. The molecule has 24 heavy (non-hydrogen) atoms. The molecule has 0 aliphatic rings. The number of hydrogen-bond acceptors (Lipinski definition) is 5. The molecule has 3 rings (SSSR count). The Kier molecular flexibility index (Phi) is 4.43. The van der Waals surface area contributed by atoms with Gasteiger partial charge in [0.2, 0.25) is 11.0 Å². The maximum Gasteiger partial charge on any atom is 0.416 e. The average Bonchev–Trinajstić information content (AvgIpc) is 2.94. The third-order valence-electron chi connectivity index (χ3n) is 3.18. The summed E-state index contributed by atoms with van der Waals surface area (Å²) in [6.07, 6.45) is -2.75. The van der Waals surface area contributed by atoms with E-state index in [0.717, 1.165) is 12.1 Å². The second-order valence-electron chi connectivity index (χ2n) is 4.88. The van der Waals surface area contributed by atoms with Crippen molar-refractivity contribution in [2.24, 2.45) is 0 Å². The number of pyridine rings is 1. The summed E-state index contributed by atoms with van der Waals surface area (Å²) in [6.45, 7) is 0. The number of nitrogen functional groups attached to an aromatic ring is 1. The second-order valence-corrected chi connectivity index (χ2v) is 5.82. The van der Waals surface area contributed by atoms with Crippen molar-refractivity contribution in [3.63, 3.8) is 0 Å². The molecule has 0 fully saturated rings. The van der Waals surface area contributed by atoms with Crippen molar-refractivity contribution >= 4 is 11.8 Å². The topological polar surface area (TPSA) is 69.6 Å². The first-order valence-electron chi connectivity index (χ1n) is 6.86. The lowest BCUT2D eigenvalue weighted by atomic mass is 10.1. The van der Waals surface area contributed by atoms with Gasteiger partial charge in [0.25, 0.3) is 0 Å². The van der Waals surface area contributed by atoms with Crippen molar-refractivity contribution in [1.82, 2.24) is 19.9 Å². The van der Waals surface area contributed by atoms with E-state index in [0.29, 0.717) is 28.0 Å². The predicted molar refractivity (Wildman–Crippen MR) is 84.4 cm³/mol. The fraction of sp³-hybridized carbons (Fsp3) is 0.133. The fourth-order valence-corrected chi connectivity index (χ4v) is 2.83. The van der Waals surface area contributed by atoms with E-state index in [1.54, 1.807) is 30.5 Å². The van der Waals surface area contributed by atoms with E-state index in [1.165, 1.54) is 22.5 Å². The van der Waals surface area contributed by atoms with Crippen LogP contribution in [0.25, 0.3) is 11.5 Å². The summed E-state index contributed by atoms with van der Waals surface area (Å²) in [5, 5.41) is 8.34. The second kappa shape index (κ2) is 6.52. The third-order valence-corrected chi connectivity index (χ3v) is 4.19. The van der Waals surface area contributed by atoms with Crippen LogP contribution in [0.3, 0.4) is 0 Å². The molecule has 0 saturated carbocycles. The SMILES string of the molecule is Nn1c(SCc2cccc(C(F)(F)F)c2)nnc1-c1ccccn1. The van der Waals surface area contributed by atoms with Gasteiger partial charge >= 0.3 is 6.18 Å². The van der Waals surface area contributed by atoms with E-state index in [-0.39, 0.29) is 0 Å². The molecule has 2 aromatic heterocycles. The summed E-state index contributed by atoms with van der Waals surface area (Å²) in [5.74, 6) is 6.63. The van der Waals surface area contributed by atoms with Gasteiger partial charge in [-0.25, -0.2) is 4.68 Å². The van der Waals surface area contributed by atoms with Crippen LogP contribution in [0.4, 0.5) is 13.2 Å². The van der Waals surface area contributed by atoms with Gasteiger partial charge in [-0.1, -0.05) is 36.0 Å². The van der Waals surface area contributed by atoms with Gasteiger partial charge in [-0.3, -0.25) is 4.98 Å². The van der Waals surface area contributed by atoms with Crippen molar-refractivity contribution < 1.29 is 13.2 Å². The highest BCUT2D eigenvalue weighted by Gasteiger charge is 2.30. The normalized spacial score (nSPS) is 11.6. The average molecular weight is 351 g/mol. The minimum absolute atomic E-state index is 0.293. The van der Waals surface area contributed by atoms with E-state index in [4.69, 9.17) is 5.84 Å². The first kappa shape index (κ1) is 16.3. The van der Waals surface area contributed by atoms with Gasteiger partial charge in [0, 0.05) is 11.9 Å². The molecule has 0 atom stereocenters. The number of alkyl halides is 3. The van der Waals surface area contributed by atoms with Gasteiger partial charge in [-0.15, -0.1) is 10.2 Å². The van der Waals surface area contributed by atoms with Crippen LogP contribution in [0.15, 0.2) is 53.8 Å². The van der Waals surface area contributed by atoms with E-state index >= 15 is 0 Å². The van der Waals surface area contributed by atoms with Crippen LogP contribution >= 0.6 is 11.8 Å². The molecule has 3 aromatic rings. The zero-order chi connectivity index (χ0) is 17.2. The first-order valence-corrected chi connectivity index (χ1v) is 7.84. The molecule has 2 heterocycles. The number of benzene rings is 1. The van der Waals surface area contributed by atoms with Gasteiger partial charge in [-0.05, 0) is 23.8 Å². The summed E-state index contributed by atoms with van der Waals surface area (Å²) in [7, 11) is 0. The molecule has 5 nitrogen and oxygen atoms in total. The van der Waals surface area contributed by atoms with Gasteiger partial charge < -0.3 is 5.84 Å². The van der Waals surface area contributed by atoms with Gasteiger partial charge in [-0.2, -0.15) is 13.2 Å². The summed E-state index contributed by atoms with van der Waals surface area (Å²) in [4.78, 5) is 4.14. The molecule has 0 unspecified atom stereocenters. The fourth-order valence-electron chi connectivity index (χ4n) is 2.03. The summed E-state index contributed by atoms with van der Waals surface area (Å²) >= 11 is 1.20. The van der Waals surface area contributed by atoms with Crippen LogP contribution in [0.1, 0.15) is 11.1 Å². The van der Waals surface area contributed by atoms with E-state index in [2.05, 4.69) is 15.2 Å². The minimum atomic E-state index is -4.36. The lowest BCUT2D eigenvalue weighted by Crippen LogP contribution is -2.12. The minimum Gasteiger partial charge on any atom is -0.335 e. The van der Waals surface area contributed by atoms with Crippen molar-refractivity contribution in [3.8, 4) is 11.5 Å². The Morgan fingerprint density at radius 3 is 2.62 bits per heavy atom. The van der Waals surface area contributed by atoms with Crippen molar-refractivity contribution in [1.29, 1.82) is 0 Å². The molecular weight excluding hydrogens is 339 g/mol. The van der Waals surface area contributed by atoms with Crippen LogP contribution < -0.4 is 5.84 Å². The molecule has 124 valence electrons. The highest BCUT2D eigenvalue weighted by atomic mass is 32.2. The number of nitrogens with two attached hydrogens (primary N) is 1. The molecule has 9 heteroatoms. The maximum absolute atomic E-state index is 12.7. The molecule has 0 amide bonds. The third kappa shape index (κ3) is 3.51. The van der Waals surface area contributed by atoms with Crippen LogP contribution in [0, 0.1) is 0 Å². The van der Waals surface area contributed by atoms with E-state index in [1.807, 2.05) is 0 Å². The number of aromatic nitrogens is 4. The Morgan fingerprint density at radius 2 is 1.92 bits per heavy atom. The van der Waals surface area contributed by atoms with Gasteiger partial charge in [0.05, 0.1) is 5.56 Å². The number of rotatable bonds is 4. The summed E-state index contributed by atoms with van der Waals surface area (Å²) < 4.78 is 39.5. The molecule has 0 saturated heterocycles. The Hall–Kier alpha value is -2.55. The highest BCUT2D eigenvalue weighted by Crippen LogP contribution is 2.31. The Balaban J connectivity index is 1.75. The van der Waals surface area contributed by atoms with Crippen LogP contribution in [-0.2, 0) is 11.9 Å². The van der Waals surface area contributed by atoms with Gasteiger partial charge in [0.1, 0.15) is 5.69 Å². The Bertz CT molecular complexity index is 833. The maximum atomic E-state index is 12.7. The molecule has 0 bridgehead atoms. The molecule has 0 spiro atoms. The molecular formula is C15H12F3N5S. The Morgan fingerprint density at radius 1 is 1.08 bits per heavy atom. The summed E-state index contributed by atoms with van der Waals surface area (Å²) in [5.41, 5.74) is 0.416. The number of halogens is 3. The quantitative estimate of drug-likeness (QED) is 0.576. The van der Waals surface area contributed by atoms with Crippen molar-refractivity contribution in [2.75, 3.05) is 5.84 Å². The lowest BCUT2D eigenvalue weighted by molar-refractivity contribution is -0.137.